The predicted molar refractivity (Wildman–Crippen MR) is 159 cm³/mol. The van der Waals surface area contributed by atoms with Crippen LogP contribution in [0.4, 0.5) is 5.82 Å². The fourth-order valence-electron chi connectivity index (χ4n) is 6.77. The van der Waals surface area contributed by atoms with Crippen molar-refractivity contribution in [1.82, 2.24) is 34.5 Å². The van der Waals surface area contributed by atoms with Gasteiger partial charge in [0.2, 0.25) is 11.8 Å². The van der Waals surface area contributed by atoms with Gasteiger partial charge in [0.1, 0.15) is 17.2 Å². The van der Waals surface area contributed by atoms with Crippen molar-refractivity contribution in [3.8, 4) is 10.7 Å². The fraction of sp³-hybridized carbons (Fsp3) is 0.500. The second-order valence-electron chi connectivity index (χ2n) is 12.2. The third kappa shape index (κ3) is 4.48. The molecule has 1 atom stereocenters. The van der Waals surface area contributed by atoms with Gasteiger partial charge < -0.3 is 4.90 Å². The number of likely N-dealkylation sites (tertiary alicyclic amines) is 1. The SMILES string of the molecule is Cn1cnc(-c2cnc(C3=CCN(C(=O)CN4CC[C@]5(CCN(c6ccc7c(n6)C(C6CC6)=NC7)C5=O)C4)CC3)s2)n1. The number of nitrogens with zero attached hydrogens (tertiary/aromatic N) is 9. The van der Waals surface area contributed by atoms with E-state index in [0.29, 0.717) is 51.0 Å². The number of amides is 2. The minimum Gasteiger partial charge on any atom is -0.338 e. The summed E-state index contributed by atoms with van der Waals surface area (Å²) in [5, 5.41) is 5.33. The molecule has 7 heterocycles. The number of carbonyl (C=O) groups excluding carboxylic acids is 2. The number of rotatable bonds is 6. The Balaban J connectivity index is 0.882. The fourth-order valence-corrected chi connectivity index (χ4v) is 7.69. The molecule has 1 saturated carbocycles. The van der Waals surface area contributed by atoms with Gasteiger partial charge in [0.25, 0.3) is 0 Å². The van der Waals surface area contributed by atoms with E-state index in [1.807, 2.05) is 29.1 Å². The van der Waals surface area contributed by atoms with Gasteiger partial charge in [-0.1, -0.05) is 12.1 Å². The summed E-state index contributed by atoms with van der Waals surface area (Å²) in [6.45, 7) is 4.38. The van der Waals surface area contributed by atoms with E-state index in [1.165, 1.54) is 24.0 Å². The van der Waals surface area contributed by atoms with Gasteiger partial charge in [-0.05, 0) is 50.3 Å². The average molecular weight is 584 g/mol. The number of hydrogen-bond acceptors (Lipinski definition) is 9. The lowest BCUT2D eigenvalue weighted by Gasteiger charge is -2.28. The van der Waals surface area contributed by atoms with Crippen LogP contribution < -0.4 is 4.90 Å². The van der Waals surface area contributed by atoms with Gasteiger partial charge in [-0.3, -0.25) is 29.1 Å². The normalized spacial score (nSPS) is 24.1. The first-order valence-electron chi connectivity index (χ1n) is 14.8. The number of thiazole rings is 1. The number of pyridine rings is 1. The van der Waals surface area contributed by atoms with E-state index >= 15 is 0 Å². The largest absolute Gasteiger partial charge is 0.338 e. The predicted octanol–water partition coefficient (Wildman–Crippen LogP) is 2.79. The van der Waals surface area contributed by atoms with Gasteiger partial charge >= 0.3 is 0 Å². The van der Waals surface area contributed by atoms with Crippen LogP contribution in [-0.2, 0) is 23.2 Å². The van der Waals surface area contributed by atoms with Crippen LogP contribution in [0.15, 0.2) is 35.7 Å². The van der Waals surface area contributed by atoms with Crippen LogP contribution in [0.2, 0.25) is 0 Å². The van der Waals surface area contributed by atoms with Crippen LogP contribution in [0.25, 0.3) is 16.3 Å². The number of fused-ring (bicyclic) bond motifs is 1. The van der Waals surface area contributed by atoms with Gasteiger partial charge in [-0.2, -0.15) is 5.10 Å². The molecule has 12 heteroatoms. The monoisotopic (exact) mass is 583 g/mol. The van der Waals surface area contributed by atoms with Crippen LogP contribution in [0.3, 0.4) is 0 Å². The van der Waals surface area contributed by atoms with Crippen LogP contribution in [-0.4, -0.2) is 91.3 Å². The van der Waals surface area contributed by atoms with Gasteiger partial charge in [-0.15, -0.1) is 11.3 Å². The van der Waals surface area contributed by atoms with Crippen LogP contribution in [0, 0.1) is 11.3 Å². The average Bonchev–Trinajstić information content (AvgIpc) is 3.45. The van der Waals surface area contributed by atoms with Gasteiger partial charge in [0, 0.05) is 50.9 Å². The zero-order valence-electron chi connectivity index (χ0n) is 23.7. The molecule has 3 aromatic heterocycles. The molecule has 42 heavy (non-hydrogen) atoms. The van der Waals surface area contributed by atoms with E-state index in [9.17, 15) is 9.59 Å². The van der Waals surface area contributed by atoms with Crippen molar-refractivity contribution in [3.63, 3.8) is 0 Å². The van der Waals surface area contributed by atoms with Crippen molar-refractivity contribution >= 4 is 40.3 Å². The van der Waals surface area contributed by atoms with Crippen LogP contribution in [0.5, 0.6) is 0 Å². The first kappa shape index (κ1) is 25.9. The quantitative estimate of drug-likeness (QED) is 0.439. The minimum absolute atomic E-state index is 0.120. The molecule has 3 fully saturated rings. The van der Waals surface area contributed by atoms with Crippen molar-refractivity contribution in [2.45, 2.75) is 38.6 Å². The first-order valence-corrected chi connectivity index (χ1v) is 15.7. The number of anilines is 1. The van der Waals surface area contributed by atoms with Crippen molar-refractivity contribution in [2.24, 2.45) is 23.4 Å². The summed E-state index contributed by atoms with van der Waals surface area (Å²) < 4.78 is 1.68. The van der Waals surface area contributed by atoms with E-state index in [-0.39, 0.29) is 11.8 Å². The molecule has 2 saturated heterocycles. The molecule has 0 N–H and O–H groups in total. The van der Waals surface area contributed by atoms with Gasteiger partial charge in [0.15, 0.2) is 5.82 Å². The highest BCUT2D eigenvalue weighted by atomic mass is 32.1. The van der Waals surface area contributed by atoms with E-state index in [0.717, 1.165) is 52.9 Å². The molecule has 11 nitrogen and oxygen atoms in total. The molecule has 2 amide bonds. The Morgan fingerprint density at radius 3 is 2.81 bits per heavy atom. The van der Waals surface area contributed by atoms with E-state index < -0.39 is 5.41 Å². The summed E-state index contributed by atoms with van der Waals surface area (Å²) in [7, 11) is 1.85. The van der Waals surface area contributed by atoms with Crippen molar-refractivity contribution in [2.75, 3.05) is 44.2 Å². The zero-order chi connectivity index (χ0) is 28.4. The summed E-state index contributed by atoms with van der Waals surface area (Å²) in [5.41, 5.74) is 4.05. The smallest absolute Gasteiger partial charge is 0.237 e. The molecule has 5 aliphatic rings. The first-order chi connectivity index (χ1) is 20.5. The number of aromatic nitrogens is 5. The number of aryl methyl sites for hydroxylation is 1. The third-order valence-corrected chi connectivity index (χ3v) is 10.4. The van der Waals surface area contributed by atoms with E-state index in [4.69, 9.17) is 9.98 Å². The Labute approximate surface area is 248 Å². The molecule has 0 unspecified atom stereocenters. The summed E-state index contributed by atoms with van der Waals surface area (Å²) in [6.07, 6.45) is 10.4. The molecule has 216 valence electrons. The Bertz CT molecular complexity index is 1650. The van der Waals surface area contributed by atoms with Crippen LogP contribution in [0.1, 0.15) is 48.4 Å². The topological polar surface area (TPSA) is 113 Å². The van der Waals surface area contributed by atoms with Gasteiger partial charge in [-0.25, -0.2) is 15.0 Å². The Morgan fingerprint density at radius 1 is 1.14 bits per heavy atom. The summed E-state index contributed by atoms with van der Waals surface area (Å²) in [5.74, 6) is 2.26. The molecule has 0 bridgehead atoms. The summed E-state index contributed by atoms with van der Waals surface area (Å²) in [6, 6.07) is 4.08. The van der Waals surface area contributed by atoms with Gasteiger partial charge in [0.05, 0.1) is 34.8 Å². The maximum Gasteiger partial charge on any atom is 0.237 e. The molecule has 3 aromatic rings. The zero-order valence-corrected chi connectivity index (χ0v) is 24.5. The number of hydrogen-bond donors (Lipinski definition) is 0. The second-order valence-corrected chi connectivity index (χ2v) is 13.2. The van der Waals surface area contributed by atoms with Crippen molar-refractivity contribution in [3.05, 3.63) is 47.0 Å². The van der Waals surface area contributed by atoms with Crippen molar-refractivity contribution in [1.29, 1.82) is 0 Å². The highest BCUT2D eigenvalue weighted by Crippen LogP contribution is 2.43. The lowest BCUT2D eigenvalue weighted by molar-refractivity contribution is -0.132. The standard InChI is InChI=1S/C30H33N9O2S/c1-36-18-33-27(35-36)22-15-32-28(42-22)20-6-10-38(11-7-20)24(40)16-37-12-8-30(17-37)9-13-39(29(30)41)23-5-4-21-14-31-25(19-2-3-19)26(21)34-23/h4-6,15,18-19H,2-3,7-14,16-17H2,1H3/t30-/m0/s1. The molecule has 0 aromatic carbocycles. The highest BCUT2D eigenvalue weighted by molar-refractivity contribution is 7.16. The van der Waals surface area contributed by atoms with Crippen molar-refractivity contribution < 1.29 is 9.59 Å². The minimum atomic E-state index is -0.422. The van der Waals surface area contributed by atoms with Crippen LogP contribution >= 0.6 is 11.3 Å². The number of aliphatic imine (C=N–C) groups is 1. The second kappa shape index (κ2) is 9.91. The van der Waals surface area contributed by atoms with E-state index in [1.54, 1.807) is 22.3 Å². The number of carbonyl (C=O) groups is 2. The molecule has 1 spiro atoms. The Hall–Kier alpha value is -3.77. The lowest BCUT2D eigenvalue weighted by atomic mass is 9.85. The molecular weight excluding hydrogens is 550 g/mol. The molecule has 8 rings (SSSR count). The summed E-state index contributed by atoms with van der Waals surface area (Å²) in [4.78, 5) is 52.5. The maximum atomic E-state index is 13.8. The maximum absolute atomic E-state index is 13.8. The Morgan fingerprint density at radius 2 is 2.02 bits per heavy atom. The molecule has 1 aliphatic carbocycles. The van der Waals surface area contributed by atoms with E-state index in [2.05, 4.69) is 32.1 Å². The third-order valence-electron chi connectivity index (χ3n) is 9.33. The summed E-state index contributed by atoms with van der Waals surface area (Å²) >= 11 is 1.59. The lowest BCUT2D eigenvalue weighted by Crippen LogP contribution is -2.43. The molecular formula is C30H33N9O2S. The molecule has 4 aliphatic heterocycles. The Kier molecular flexibility index (Phi) is 6.11. The highest BCUT2D eigenvalue weighted by Gasteiger charge is 2.51. The molecule has 0 radical (unpaired) electrons.